The summed E-state index contributed by atoms with van der Waals surface area (Å²) < 4.78 is 1.75. The number of ketones is 1. The first kappa shape index (κ1) is 16.1. The van der Waals surface area contributed by atoms with E-state index in [-0.39, 0.29) is 17.4 Å². The van der Waals surface area contributed by atoms with Gasteiger partial charge in [0.1, 0.15) is 5.82 Å². The number of hydrogen-bond acceptors (Lipinski definition) is 3. The summed E-state index contributed by atoms with van der Waals surface area (Å²) in [5.41, 5.74) is 2.42. The Kier molecular flexibility index (Phi) is 4.30. The second kappa shape index (κ2) is 6.40. The molecule has 0 aliphatic rings. The highest BCUT2D eigenvalue weighted by atomic mass is 16.1. The zero-order valence-electron chi connectivity index (χ0n) is 14.1. The van der Waals surface area contributed by atoms with Crippen molar-refractivity contribution in [2.75, 3.05) is 0 Å². The summed E-state index contributed by atoms with van der Waals surface area (Å²) in [5.74, 6) is 0.786. The van der Waals surface area contributed by atoms with Gasteiger partial charge in [-0.3, -0.25) is 14.2 Å². The van der Waals surface area contributed by atoms with Gasteiger partial charge in [-0.1, -0.05) is 36.4 Å². The largest absolute Gasteiger partial charge is 0.295 e. The minimum Gasteiger partial charge on any atom is -0.295 e. The maximum absolute atomic E-state index is 12.8. The first-order valence-electron chi connectivity index (χ1n) is 8.07. The SMILES string of the molecule is CC(=O)c1ccc(Cc2nc3ccccc3c(=O)n2C(C)C)cc1. The van der Waals surface area contributed by atoms with E-state index in [1.165, 1.54) is 0 Å². The van der Waals surface area contributed by atoms with E-state index in [0.717, 1.165) is 16.9 Å². The van der Waals surface area contributed by atoms with Crippen molar-refractivity contribution in [2.24, 2.45) is 0 Å². The lowest BCUT2D eigenvalue weighted by atomic mass is 10.1. The lowest BCUT2D eigenvalue weighted by Crippen LogP contribution is -2.27. The minimum atomic E-state index is -0.00837. The minimum absolute atomic E-state index is 0.00837. The molecule has 0 spiro atoms. The highest BCUT2D eigenvalue weighted by Gasteiger charge is 2.13. The van der Waals surface area contributed by atoms with Crippen molar-refractivity contribution in [3.8, 4) is 0 Å². The number of carbonyl (C=O) groups is 1. The smallest absolute Gasteiger partial charge is 0.261 e. The van der Waals surface area contributed by atoms with Crippen molar-refractivity contribution in [3.05, 3.63) is 75.8 Å². The van der Waals surface area contributed by atoms with Crippen LogP contribution in [0, 0.1) is 0 Å². The lowest BCUT2D eigenvalue weighted by Gasteiger charge is -2.16. The van der Waals surface area contributed by atoms with Crippen molar-refractivity contribution in [2.45, 2.75) is 33.2 Å². The number of fused-ring (bicyclic) bond motifs is 1. The van der Waals surface area contributed by atoms with Gasteiger partial charge in [-0.25, -0.2) is 4.98 Å². The zero-order chi connectivity index (χ0) is 17.3. The molecule has 0 saturated heterocycles. The molecule has 122 valence electrons. The molecular weight excluding hydrogens is 300 g/mol. The van der Waals surface area contributed by atoms with Gasteiger partial charge in [0.25, 0.3) is 5.56 Å². The molecule has 0 unspecified atom stereocenters. The molecule has 0 aliphatic heterocycles. The Morgan fingerprint density at radius 1 is 1.08 bits per heavy atom. The van der Waals surface area contributed by atoms with Gasteiger partial charge in [-0.2, -0.15) is 0 Å². The molecule has 1 heterocycles. The van der Waals surface area contributed by atoms with Gasteiger partial charge in [0.05, 0.1) is 10.9 Å². The molecule has 3 rings (SSSR count). The van der Waals surface area contributed by atoms with Crippen LogP contribution in [0.4, 0.5) is 0 Å². The molecule has 0 atom stereocenters. The third-order valence-corrected chi connectivity index (χ3v) is 4.12. The van der Waals surface area contributed by atoms with Crippen molar-refractivity contribution in [1.29, 1.82) is 0 Å². The molecule has 1 aromatic heterocycles. The van der Waals surface area contributed by atoms with E-state index in [4.69, 9.17) is 4.98 Å². The third-order valence-electron chi connectivity index (χ3n) is 4.12. The van der Waals surface area contributed by atoms with Crippen LogP contribution in [-0.4, -0.2) is 15.3 Å². The molecule has 4 nitrogen and oxygen atoms in total. The van der Waals surface area contributed by atoms with Crippen molar-refractivity contribution in [1.82, 2.24) is 9.55 Å². The average Bonchev–Trinajstić information content (AvgIpc) is 2.55. The number of rotatable bonds is 4. The second-order valence-corrected chi connectivity index (χ2v) is 6.24. The van der Waals surface area contributed by atoms with E-state index in [9.17, 15) is 9.59 Å². The predicted octanol–water partition coefficient (Wildman–Crippen LogP) is 3.77. The first-order valence-corrected chi connectivity index (χ1v) is 8.07. The summed E-state index contributed by atoms with van der Waals surface area (Å²) in [6, 6.07) is 14.9. The highest BCUT2D eigenvalue weighted by molar-refractivity contribution is 5.94. The molecule has 3 aromatic rings. The summed E-state index contributed by atoms with van der Waals surface area (Å²) in [5, 5.41) is 0.641. The van der Waals surface area contributed by atoms with Crippen LogP contribution in [0.3, 0.4) is 0 Å². The zero-order valence-corrected chi connectivity index (χ0v) is 14.1. The Morgan fingerprint density at radius 3 is 2.38 bits per heavy atom. The van der Waals surface area contributed by atoms with Crippen molar-refractivity contribution in [3.63, 3.8) is 0 Å². The highest BCUT2D eigenvalue weighted by Crippen LogP contribution is 2.15. The Morgan fingerprint density at radius 2 is 1.75 bits per heavy atom. The first-order chi connectivity index (χ1) is 11.5. The Hall–Kier alpha value is -2.75. The normalized spacial score (nSPS) is 11.2. The van der Waals surface area contributed by atoms with E-state index in [1.807, 2.05) is 62.4 Å². The monoisotopic (exact) mass is 320 g/mol. The Balaban J connectivity index is 2.09. The summed E-state index contributed by atoms with van der Waals surface area (Å²) in [6.07, 6.45) is 0.552. The average molecular weight is 320 g/mol. The standard InChI is InChI=1S/C20H20N2O2/c1-13(2)22-19(12-15-8-10-16(11-9-15)14(3)23)21-18-7-5-4-6-17(18)20(22)24/h4-11,13H,12H2,1-3H3. The summed E-state index contributed by atoms with van der Waals surface area (Å²) >= 11 is 0. The molecule has 2 aromatic carbocycles. The van der Waals surface area contributed by atoms with Crippen LogP contribution in [-0.2, 0) is 6.42 Å². The fourth-order valence-electron chi connectivity index (χ4n) is 2.89. The van der Waals surface area contributed by atoms with Crippen LogP contribution in [0.25, 0.3) is 10.9 Å². The molecule has 4 heteroatoms. The number of benzene rings is 2. The summed E-state index contributed by atoms with van der Waals surface area (Å²) in [7, 11) is 0. The number of aromatic nitrogens is 2. The number of carbonyl (C=O) groups excluding carboxylic acids is 1. The van der Waals surface area contributed by atoms with Gasteiger partial charge in [0.2, 0.25) is 0 Å². The number of para-hydroxylation sites is 1. The summed E-state index contributed by atoms with van der Waals surface area (Å²) in [6.45, 7) is 5.52. The maximum Gasteiger partial charge on any atom is 0.261 e. The van der Waals surface area contributed by atoms with Crippen LogP contribution in [0.2, 0.25) is 0 Å². The van der Waals surface area contributed by atoms with Crippen molar-refractivity contribution >= 4 is 16.7 Å². The van der Waals surface area contributed by atoms with Gasteiger partial charge < -0.3 is 0 Å². The molecule has 0 saturated carbocycles. The molecule has 0 N–H and O–H groups in total. The third kappa shape index (κ3) is 3.00. The quantitative estimate of drug-likeness (QED) is 0.688. The lowest BCUT2D eigenvalue weighted by molar-refractivity contribution is 0.101. The van der Waals surface area contributed by atoms with Crippen LogP contribution < -0.4 is 5.56 Å². The van der Waals surface area contributed by atoms with E-state index in [2.05, 4.69) is 0 Å². The fraction of sp³-hybridized carbons (Fsp3) is 0.250. The van der Waals surface area contributed by atoms with E-state index < -0.39 is 0 Å². The Labute approximate surface area is 140 Å². The van der Waals surface area contributed by atoms with Crippen molar-refractivity contribution < 1.29 is 4.79 Å². The van der Waals surface area contributed by atoms with Gasteiger partial charge in [0, 0.05) is 18.0 Å². The van der Waals surface area contributed by atoms with Gasteiger partial charge in [0.15, 0.2) is 5.78 Å². The number of hydrogen-bond donors (Lipinski definition) is 0. The van der Waals surface area contributed by atoms with Gasteiger partial charge in [-0.15, -0.1) is 0 Å². The molecule has 0 aliphatic carbocycles. The van der Waals surface area contributed by atoms with Crippen LogP contribution in [0.15, 0.2) is 53.3 Å². The van der Waals surface area contributed by atoms with Crippen LogP contribution in [0.5, 0.6) is 0 Å². The molecule has 24 heavy (non-hydrogen) atoms. The second-order valence-electron chi connectivity index (χ2n) is 6.24. The number of nitrogens with zero attached hydrogens (tertiary/aromatic N) is 2. The fourth-order valence-corrected chi connectivity index (χ4v) is 2.89. The maximum atomic E-state index is 12.8. The van der Waals surface area contributed by atoms with Gasteiger partial charge in [-0.05, 0) is 38.5 Å². The summed E-state index contributed by atoms with van der Waals surface area (Å²) in [4.78, 5) is 28.9. The Bertz CT molecular complexity index is 954. The molecule has 0 radical (unpaired) electrons. The molecule has 0 amide bonds. The van der Waals surface area contributed by atoms with E-state index in [0.29, 0.717) is 17.4 Å². The van der Waals surface area contributed by atoms with E-state index in [1.54, 1.807) is 11.5 Å². The molecule has 0 fully saturated rings. The topological polar surface area (TPSA) is 52.0 Å². The molecule has 0 bridgehead atoms. The predicted molar refractivity (Wildman–Crippen MR) is 95.6 cm³/mol. The molecular formula is C20H20N2O2. The van der Waals surface area contributed by atoms with E-state index >= 15 is 0 Å². The number of Topliss-reactive ketones (excluding diaryl/α,β-unsaturated/α-hetero) is 1. The van der Waals surface area contributed by atoms with Crippen LogP contribution >= 0.6 is 0 Å². The van der Waals surface area contributed by atoms with Crippen LogP contribution in [0.1, 0.15) is 48.6 Å². The van der Waals surface area contributed by atoms with Gasteiger partial charge >= 0.3 is 0 Å².